The van der Waals surface area contributed by atoms with E-state index in [2.05, 4.69) is 32.4 Å². The van der Waals surface area contributed by atoms with Crippen molar-refractivity contribution in [1.29, 1.82) is 0 Å². The van der Waals surface area contributed by atoms with E-state index in [0.29, 0.717) is 6.61 Å². The summed E-state index contributed by atoms with van der Waals surface area (Å²) in [5.41, 5.74) is 1.96. The molecule has 0 aliphatic heterocycles. The highest BCUT2D eigenvalue weighted by molar-refractivity contribution is 9.10. The Balaban J connectivity index is 2.50. The summed E-state index contributed by atoms with van der Waals surface area (Å²) in [6.07, 6.45) is 0.990. The molecule has 20 heavy (non-hydrogen) atoms. The molecule has 0 N–H and O–H groups in total. The maximum absolute atomic E-state index is 12.0. The zero-order valence-corrected chi connectivity index (χ0v) is 13.6. The summed E-state index contributed by atoms with van der Waals surface area (Å²) in [4.78, 5) is 16.6. The average Bonchev–Trinajstić information content (AvgIpc) is 2.76. The summed E-state index contributed by atoms with van der Waals surface area (Å²) in [5.74, 6) is 0.199. The van der Waals surface area contributed by atoms with Gasteiger partial charge in [-0.25, -0.2) is 4.98 Å². The molecule has 0 radical (unpaired) electrons. The highest BCUT2D eigenvalue weighted by Gasteiger charge is 2.23. The van der Waals surface area contributed by atoms with Crippen LogP contribution < -0.4 is 0 Å². The molecule has 0 spiro atoms. The fraction of sp³-hybridized carbons (Fsp3) is 0.467. The van der Waals surface area contributed by atoms with Crippen molar-refractivity contribution >= 4 is 32.9 Å². The molecule has 0 aliphatic rings. The number of carbonyl (C=O) groups excluding carboxylic acids is 1. The molecule has 1 unspecified atom stereocenters. The van der Waals surface area contributed by atoms with Gasteiger partial charge in [-0.05, 0) is 38.5 Å². The Hall–Kier alpha value is -1.36. The monoisotopic (exact) mass is 338 g/mol. The van der Waals surface area contributed by atoms with E-state index in [1.165, 1.54) is 0 Å². The first-order valence-electron chi connectivity index (χ1n) is 6.90. The van der Waals surface area contributed by atoms with Crippen LogP contribution in [0.1, 0.15) is 38.9 Å². The predicted octanol–water partition coefficient (Wildman–Crippen LogP) is 3.88. The zero-order valence-electron chi connectivity index (χ0n) is 12.0. The number of benzene rings is 1. The van der Waals surface area contributed by atoms with Gasteiger partial charge < -0.3 is 9.30 Å². The number of hydrogen-bond donors (Lipinski definition) is 0. The molecule has 0 amide bonds. The third-order valence-corrected chi connectivity index (χ3v) is 3.71. The summed E-state index contributed by atoms with van der Waals surface area (Å²) in [7, 11) is 0. The average molecular weight is 339 g/mol. The number of ether oxygens (including phenoxy) is 1. The van der Waals surface area contributed by atoms with Gasteiger partial charge in [0, 0.05) is 11.0 Å². The standard InChI is InChI=1S/C15H19BrN2O2/c1-4-8-18-13-7-6-11(16)9-12(13)17-14(18)10(3)15(19)20-5-2/h6-7,9-10H,4-5,8H2,1-3H3. The van der Waals surface area contributed by atoms with Crippen molar-refractivity contribution in [2.24, 2.45) is 0 Å². The van der Waals surface area contributed by atoms with Crippen molar-refractivity contribution in [2.75, 3.05) is 6.61 Å². The van der Waals surface area contributed by atoms with Crippen molar-refractivity contribution in [3.63, 3.8) is 0 Å². The van der Waals surface area contributed by atoms with Gasteiger partial charge in [-0.15, -0.1) is 0 Å². The molecule has 0 saturated heterocycles. The fourth-order valence-corrected chi connectivity index (χ4v) is 2.63. The van der Waals surface area contributed by atoms with Crippen LogP contribution in [-0.2, 0) is 16.1 Å². The smallest absolute Gasteiger partial charge is 0.316 e. The number of hydrogen-bond acceptors (Lipinski definition) is 3. The molecule has 108 valence electrons. The lowest BCUT2D eigenvalue weighted by Crippen LogP contribution is -2.17. The number of aryl methyl sites for hydroxylation is 1. The molecule has 0 fully saturated rings. The Kier molecular flexibility index (Phi) is 4.81. The second-order valence-electron chi connectivity index (χ2n) is 4.73. The molecule has 5 heteroatoms. The third kappa shape index (κ3) is 2.87. The van der Waals surface area contributed by atoms with Crippen LogP contribution in [0.15, 0.2) is 22.7 Å². The topological polar surface area (TPSA) is 44.1 Å². The van der Waals surface area contributed by atoms with Crippen LogP contribution in [0.4, 0.5) is 0 Å². The molecule has 1 heterocycles. The Bertz CT molecular complexity index is 622. The van der Waals surface area contributed by atoms with Gasteiger partial charge in [-0.2, -0.15) is 0 Å². The lowest BCUT2D eigenvalue weighted by Gasteiger charge is -2.13. The van der Waals surface area contributed by atoms with Gasteiger partial charge in [0.25, 0.3) is 0 Å². The number of carbonyl (C=O) groups is 1. The van der Waals surface area contributed by atoms with Crippen molar-refractivity contribution in [3.8, 4) is 0 Å². The minimum atomic E-state index is -0.354. The van der Waals surface area contributed by atoms with E-state index in [1.807, 2.05) is 32.0 Å². The molecular formula is C15H19BrN2O2. The fourth-order valence-electron chi connectivity index (χ4n) is 2.28. The quantitative estimate of drug-likeness (QED) is 0.777. The van der Waals surface area contributed by atoms with Gasteiger partial charge in [0.1, 0.15) is 11.7 Å². The summed E-state index contributed by atoms with van der Waals surface area (Å²) in [5, 5.41) is 0. The van der Waals surface area contributed by atoms with E-state index < -0.39 is 0 Å². The van der Waals surface area contributed by atoms with Crippen molar-refractivity contribution < 1.29 is 9.53 Å². The number of fused-ring (bicyclic) bond motifs is 1. The minimum Gasteiger partial charge on any atom is -0.465 e. The van der Waals surface area contributed by atoms with Crippen molar-refractivity contribution in [1.82, 2.24) is 9.55 Å². The van der Waals surface area contributed by atoms with Crippen molar-refractivity contribution in [3.05, 3.63) is 28.5 Å². The second kappa shape index (κ2) is 6.39. The highest BCUT2D eigenvalue weighted by Crippen LogP contribution is 2.25. The molecule has 1 atom stereocenters. The lowest BCUT2D eigenvalue weighted by molar-refractivity contribution is -0.144. The van der Waals surface area contributed by atoms with Crippen LogP contribution in [-0.4, -0.2) is 22.1 Å². The third-order valence-electron chi connectivity index (χ3n) is 3.21. The van der Waals surface area contributed by atoms with Gasteiger partial charge >= 0.3 is 5.97 Å². The molecule has 4 nitrogen and oxygen atoms in total. The lowest BCUT2D eigenvalue weighted by atomic mass is 10.1. The first-order valence-corrected chi connectivity index (χ1v) is 7.70. The van der Waals surface area contributed by atoms with Gasteiger partial charge in [0.2, 0.25) is 0 Å². The first-order chi connectivity index (χ1) is 9.58. The molecule has 1 aromatic heterocycles. The van der Waals surface area contributed by atoms with E-state index in [0.717, 1.165) is 34.3 Å². The predicted molar refractivity (Wildman–Crippen MR) is 82.8 cm³/mol. The molecule has 0 aliphatic carbocycles. The summed E-state index contributed by atoms with van der Waals surface area (Å²) < 4.78 is 8.21. The molecule has 1 aromatic carbocycles. The number of esters is 1. The molecule has 0 bridgehead atoms. The summed E-state index contributed by atoms with van der Waals surface area (Å²) in [6, 6.07) is 6.00. The van der Waals surface area contributed by atoms with Crippen LogP contribution in [0.3, 0.4) is 0 Å². The SMILES string of the molecule is CCCn1c(C(C)C(=O)OCC)nc2cc(Br)ccc21. The number of rotatable bonds is 5. The Labute approximate surface area is 127 Å². The minimum absolute atomic E-state index is 0.223. The van der Waals surface area contributed by atoms with Crippen molar-refractivity contribution in [2.45, 2.75) is 39.7 Å². The van der Waals surface area contributed by atoms with E-state index in [-0.39, 0.29) is 11.9 Å². The van der Waals surface area contributed by atoms with Gasteiger partial charge in [-0.1, -0.05) is 22.9 Å². The maximum Gasteiger partial charge on any atom is 0.316 e. The van der Waals surface area contributed by atoms with E-state index in [4.69, 9.17) is 4.74 Å². The normalized spacial score (nSPS) is 12.6. The van der Waals surface area contributed by atoms with Gasteiger partial charge in [-0.3, -0.25) is 4.79 Å². The first kappa shape index (κ1) is 15.0. The number of aromatic nitrogens is 2. The Morgan fingerprint density at radius 2 is 2.20 bits per heavy atom. The Morgan fingerprint density at radius 1 is 1.45 bits per heavy atom. The highest BCUT2D eigenvalue weighted by atomic mass is 79.9. The number of imidazole rings is 1. The molecular weight excluding hydrogens is 320 g/mol. The van der Waals surface area contributed by atoms with Crippen LogP contribution in [0.5, 0.6) is 0 Å². The number of halogens is 1. The van der Waals surface area contributed by atoms with Crippen LogP contribution >= 0.6 is 15.9 Å². The van der Waals surface area contributed by atoms with Crippen LogP contribution in [0.25, 0.3) is 11.0 Å². The molecule has 2 aromatic rings. The Morgan fingerprint density at radius 3 is 2.85 bits per heavy atom. The summed E-state index contributed by atoms with van der Waals surface area (Å²) in [6.45, 7) is 7.01. The maximum atomic E-state index is 12.0. The second-order valence-corrected chi connectivity index (χ2v) is 5.64. The van der Waals surface area contributed by atoms with E-state index in [9.17, 15) is 4.79 Å². The summed E-state index contributed by atoms with van der Waals surface area (Å²) >= 11 is 3.46. The van der Waals surface area contributed by atoms with Gasteiger partial charge in [0.05, 0.1) is 17.6 Å². The molecule has 2 rings (SSSR count). The zero-order chi connectivity index (χ0) is 14.7. The molecule has 0 saturated carbocycles. The van der Waals surface area contributed by atoms with Crippen LogP contribution in [0, 0.1) is 0 Å². The van der Waals surface area contributed by atoms with Gasteiger partial charge in [0.15, 0.2) is 0 Å². The number of nitrogens with zero attached hydrogens (tertiary/aromatic N) is 2. The largest absolute Gasteiger partial charge is 0.465 e. The van der Waals surface area contributed by atoms with E-state index in [1.54, 1.807) is 0 Å². The van der Waals surface area contributed by atoms with Crippen LogP contribution in [0.2, 0.25) is 0 Å². The van der Waals surface area contributed by atoms with E-state index >= 15 is 0 Å².